The van der Waals surface area contributed by atoms with Crippen molar-refractivity contribution in [2.75, 3.05) is 26.2 Å². The molecule has 0 bridgehead atoms. The van der Waals surface area contributed by atoms with E-state index in [4.69, 9.17) is 0 Å². The molecule has 0 aliphatic carbocycles. The Morgan fingerprint density at radius 3 is 2.56 bits per heavy atom. The first-order valence-corrected chi connectivity index (χ1v) is 9.23. The van der Waals surface area contributed by atoms with E-state index in [1.165, 1.54) is 12.1 Å². The number of nitrogens with zero attached hydrogens (tertiary/aromatic N) is 1. The number of halogens is 4. The van der Waals surface area contributed by atoms with Gasteiger partial charge in [0.15, 0.2) is 0 Å². The van der Waals surface area contributed by atoms with E-state index in [2.05, 4.69) is 10.1 Å². The summed E-state index contributed by atoms with van der Waals surface area (Å²) in [6.07, 6.45) is -1.19. The molecule has 3 rings (SSSR count). The number of ether oxygens (including phenoxy) is 1. The van der Waals surface area contributed by atoms with Gasteiger partial charge in [0.2, 0.25) is 0 Å². The van der Waals surface area contributed by atoms with Crippen molar-refractivity contribution < 1.29 is 22.7 Å². The molecular weight excluding hydrogens is 381 g/mol. The first-order chi connectivity index (χ1) is 12.3. The highest BCUT2D eigenvalue weighted by Gasteiger charge is 2.34. The van der Waals surface area contributed by atoms with Crippen molar-refractivity contribution in [3.63, 3.8) is 0 Å². The monoisotopic (exact) mass is 406 g/mol. The molecule has 1 aromatic rings. The summed E-state index contributed by atoms with van der Waals surface area (Å²) >= 11 is 0. The van der Waals surface area contributed by atoms with Crippen LogP contribution in [-0.2, 0) is 0 Å². The van der Waals surface area contributed by atoms with Crippen LogP contribution in [0.4, 0.5) is 13.2 Å². The summed E-state index contributed by atoms with van der Waals surface area (Å²) in [4.78, 5) is 14.4. The van der Waals surface area contributed by atoms with Crippen LogP contribution in [0.25, 0.3) is 0 Å². The number of hydrogen-bond acceptors (Lipinski definition) is 3. The number of rotatable bonds is 3. The van der Waals surface area contributed by atoms with Crippen molar-refractivity contribution in [1.29, 1.82) is 0 Å². The summed E-state index contributed by atoms with van der Waals surface area (Å²) in [5.41, 5.74) is 0.795. The first-order valence-electron chi connectivity index (χ1n) is 9.23. The van der Waals surface area contributed by atoms with Gasteiger partial charge in [-0.2, -0.15) is 0 Å². The molecule has 0 aromatic heterocycles. The smallest absolute Gasteiger partial charge is 0.405 e. The summed E-state index contributed by atoms with van der Waals surface area (Å²) < 4.78 is 43.0. The lowest BCUT2D eigenvalue weighted by Crippen LogP contribution is -2.39. The van der Waals surface area contributed by atoms with Crippen LogP contribution >= 0.6 is 12.4 Å². The van der Waals surface area contributed by atoms with E-state index in [0.29, 0.717) is 19.0 Å². The number of piperidine rings is 2. The van der Waals surface area contributed by atoms with E-state index >= 15 is 0 Å². The summed E-state index contributed by atoms with van der Waals surface area (Å²) in [5, 5.41) is 3.24. The molecule has 1 atom stereocenters. The maximum Gasteiger partial charge on any atom is 0.573 e. The van der Waals surface area contributed by atoms with Crippen molar-refractivity contribution >= 4 is 18.3 Å². The normalized spacial score (nSPS) is 21.5. The topological polar surface area (TPSA) is 41.6 Å². The first kappa shape index (κ1) is 21.8. The lowest BCUT2D eigenvalue weighted by atomic mass is 9.89. The highest BCUT2D eigenvalue weighted by Crippen LogP contribution is 2.34. The number of carbonyl (C=O) groups is 1. The van der Waals surface area contributed by atoms with Gasteiger partial charge in [0.1, 0.15) is 5.75 Å². The van der Waals surface area contributed by atoms with Crippen LogP contribution < -0.4 is 10.1 Å². The van der Waals surface area contributed by atoms with Gasteiger partial charge < -0.3 is 15.0 Å². The number of likely N-dealkylation sites (tertiary alicyclic amines) is 1. The number of carbonyl (C=O) groups excluding carboxylic acids is 1. The van der Waals surface area contributed by atoms with Crippen molar-refractivity contribution in [2.24, 2.45) is 5.92 Å². The second-order valence-electron chi connectivity index (χ2n) is 7.33. The van der Waals surface area contributed by atoms with Crippen LogP contribution in [0.1, 0.15) is 54.4 Å². The Hall–Kier alpha value is -1.47. The average molecular weight is 407 g/mol. The Balaban J connectivity index is 0.00000261. The Morgan fingerprint density at radius 1 is 1.22 bits per heavy atom. The van der Waals surface area contributed by atoms with Gasteiger partial charge in [-0.25, -0.2) is 0 Å². The van der Waals surface area contributed by atoms with E-state index in [9.17, 15) is 18.0 Å². The van der Waals surface area contributed by atoms with Crippen LogP contribution in [-0.4, -0.2) is 43.3 Å². The van der Waals surface area contributed by atoms with Crippen molar-refractivity contribution in [3.05, 3.63) is 29.3 Å². The van der Waals surface area contributed by atoms with Gasteiger partial charge in [-0.05, 0) is 68.3 Å². The van der Waals surface area contributed by atoms with Crippen LogP contribution in [0.15, 0.2) is 18.2 Å². The SMILES string of the molecule is CC1CCCN(C(=O)c2ccc(C3CCNCC3)cc2OC(F)(F)F)C1.Cl. The Labute approximate surface area is 163 Å². The van der Waals surface area contributed by atoms with Gasteiger partial charge in [0.05, 0.1) is 5.56 Å². The molecule has 2 fully saturated rings. The minimum atomic E-state index is -4.82. The molecule has 2 aliphatic heterocycles. The highest BCUT2D eigenvalue weighted by atomic mass is 35.5. The van der Waals surface area contributed by atoms with E-state index in [-0.39, 0.29) is 35.5 Å². The van der Waals surface area contributed by atoms with E-state index in [1.807, 2.05) is 6.92 Å². The number of hydrogen-bond donors (Lipinski definition) is 1. The number of benzene rings is 1. The van der Waals surface area contributed by atoms with Gasteiger partial charge >= 0.3 is 6.36 Å². The van der Waals surface area contributed by atoms with Gasteiger partial charge in [0, 0.05) is 13.1 Å². The quantitative estimate of drug-likeness (QED) is 0.811. The molecule has 1 amide bonds. The third-order valence-electron chi connectivity index (χ3n) is 5.22. The zero-order valence-corrected chi connectivity index (χ0v) is 16.2. The molecule has 27 heavy (non-hydrogen) atoms. The standard InChI is InChI=1S/C19H25F3N2O2.ClH/c1-13-3-2-10-24(12-13)18(25)16-5-4-15(14-6-8-23-9-7-14)11-17(16)26-19(20,21)22;/h4-5,11,13-14,23H,2-3,6-10,12H2,1H3;1H. The van der Waals surface area contributed by atoms with Gasteiger partial charge in [0.25, 0.3) is 5.91 Å². The molecule has 152 valence electrons. The van der Waals surface area contributed by atoms with E-state index in [0.717, 1.165) is 44.3 Å². The van der Waals surface area contributed by atoms with Crippen molar-refractivity contribution in [3.8, 4) is 5.75 Å². The van der Waals surface area contributed by atoms with E-state index < -0.39 is 6.36 Å². The molecule has 4 nitrogen and oxygen atoms in total. The highest BCUT2D eigenvalue weighted by molar-refractivity contribution is 5.97. The molecule has 0 saturated carbocycles. The summed E-state index contributed by atoms with van der Waals surface area (Å²) in [5.74, 6) is -0.218. The Kier molecular flexibility index (Phi) is 7.40. The number of amides is 1. The Morgan fingerprint density at radius 2 is 1.93 bits per heavy atom. The zero-order chi connectivity index (χ0) is 18.7. The molecule has 2 aliphatic rings. The van der Waals surface area contributed by atoms with Gasteiger partial charge in [-0.1, -0.05) is 13.0 Å². The van der Waals surface area contributed by atoms with Gasteiger partial charge in [-0.15, -0.1) is 25.6 Å². The third kappa shape index (κ3) is 5.75. The van der Waals surface area contributed by atoms with Crippen LogP contribution in [0.2, 0.25) is 0 Å². The fraction of sp³-hybridized carbons (Fsp3) is 0.632. The Bertz CT molecular complexity index is 648. The molecule has 0 radical (unpaired) electrons. The number of nitrogens with one attached hydrogen (secondary N) is 1. The van der Waals surface area contributed by atoms with Crippen LogP contribution in [0.3, 0.4) is 0 Å². The summed E-state index contributed by atoms with van der Waals surface area (Å²) in [6, 6.07) is 4.68. The molecule has 1 aromatic carbocycles. The second-order valence-corrected chi connectivity index (χ2v) is 7.33. The van der Waals surface area contributed by atoms with E-state index in [1.54, 1.807) is 11.0 Å². The lowest BCUT2D eigenvalue weighted by Gasteiger charge is -2.31. The molecule has 2 heterocycles. The van der Waals surface area contributed by atoms with Crippen LogP contribution in [0, 0.1) is 5.92 Å². The summed E-state index contributed by atoms with van der Waals surface area (Å²) in [7, 11) is 0. The molecular formula is C19H26ClF3N2O2. The predicted molar refractivity (Wildman–Crippen MR) is 99.5 cm³/mol. The molecule has 0 spiro atoms. The average Bonchev–Trinajstić information content (AvgIpc) is 2.60. The fourth-order valence-corrected chi connectivity index (χ4v) is 3.88. The fourth-order valence-electron chi connectivity index (χ4n) is 3.88. The number of alkyl halides is 3. The molecule has 8 heteroatoms. The lowest BCUT2D eigenvalue weighted by molar-refractivity contribution is -0.274. The second kappa shape index (κ2) is 9.15. The summed E-state index contributed by atoms with van der Waals surface area (Å²) in [6.45, 7) is 4.87. The molecule has 1 unspecified atom stereocenters. The van der Waals surface area contributed by atoms with Gasteiger partial charge in [-0.3, -0.25) is 4.79 Å². The predicted octanol–water partition coefficient (Wildman–Crippen LogP) is 4.35. The third-order valence-corrected chi connectivity index (χ3v) is 5.22. The maximum atomic E-state index is 12.9. The minimum absolute atomic E-state index is 0. The molecule has 1 N–H and O–H groups in total. The van der Waals surface area contributed by atoms with Crippen molar-refractivity contribution in [2.45, 2.75) is 44.9 Å². The molecule has 2 saturated heterocycles. The maximum absolute atomic E-state index is 12.9. The van der Waals surface area contributed by atoms with Crippen molar-refractivity contribution in [1.82, 2.24) is 10.2 Å². The minimum Gasteiger partial charge on any atom is -0.405 e. The largest absolute Gasteiger partial charge is 0.573 e. The van der Waals surface area contributed by atoms with Crippen LogP contribution in [0.5, 0.6) is 5.75 Å². The zero-order valence-electron chi connectivity index (χ0n) is 15.3.